The van der Waals surface area contributed by atoms with Gasteiger partial charge in [-0.1, -0.05) is 0 Å². The predicted octanol–water partition coefficient (Wildman–Crippen LogP) is 0.746. The van der Waals surface area contributed by atoms with Gasteiger partial charge in [0.15, 0.2) is 0 Å². The Bertz CT molecular complexity index is 638. The number of aryl methyl sites for hydroxylation is 1. The van der Waals surface area contributed by atoms with E-state index in [0.717, 1.165) is 15.8 Å². The lowest BCUT2D eigenvalue weighted by molar-refractivity contribution is -0.138. The van der Waals surface area contributed by atoms with Gasteiger partial charge in [-0.15, -0.1) is 11.3 Å². The van der Waals surface area contributed by atoms with Crippen molar-refractivity contribution >= 4 is 33.4 Å². The molecule has 2 rings (SSSR count). The minimum atomic E-state index is -1.14. The van der Waals surface area contributed by atoms with Gasteiger partial charge in [0.25, 0.3) is 5.91 Å². The summed E-state index contributed by atoms with van der Waals surface area (Å²) in [5, 5.41) is 11.1. The van der Waals surface area contributed by atoms with Gasteiger partial charge < -0.3 is 16.2 Å². The van der Waals surface area contributed by atoms with Gasteiger partial charge >= 0.3 is 5.97 Å². The van der Waals surface area contributed by atoms with Crippen molar-refractivity contribution in [2.75, 3.05) is 6.54 Å². The second-order valence-electron chi connectivity index (χ2n) is 4.11. The highest BCUT2D eigenvalue weighted by Crippen LogP contribution is 2.26. The summed E-state index contributed by atoms with van der Waals surface area (Å²) in [7, 11) is 0. The van der Waals surface area contributed by atoms with Crippen molar-refractivity contribution in [2.24, 2.45) is 5.73 Å². The van der Waals surface area contributed by atoms with E-state index in [1.165, 1.54) is 11.3 Å². The molecule has 0 bridgehead atoms. The second kappa shape index (κ2) is 5.33. The van der Waals surface area contributed by atoms with Crippen LogP contribution >= 0.6 is 11.3 Å². The number of carbonyl (C=O) groups is 2. The highest BCUT2D eigenvalue weighted by atomic mass is 32.1. The van der Waals surface area contributed by atoms with E-state index < -0.39 is 12.0 Å². The van der Waals surface area contributed by atoms with Crippen molar-refractivity contribution in [3.8, 4) is 0 Å². The van der Waals surface area contributed by atoms with Crippen molar-refractivity contribution in [3.63, 3.8) is 0 Å². The molecule has 19 heavy (non-hydrogen) atoms. The Morgan fingerprint density at radius 3 is 2.95 bits per heavy atom. The summed E-state index contributed by atoms with van der Waals surface area (Å²) in [5.74, 6) is -1.48. The van der Waals surface area contributed by atoms with E-state index in [4.69, 9.17) is 10.8 Å². The molecule has 0 aromatic carbocycles. The van der Waals surface area contributed by atoms with Crippen LogP contribution in [0.2, 0.25) is 0 Å². The van der Waals surface area contributed by atoms with Gasteiger partial charge in [-0.2, -0.15) is 0 Å². The Hall–Kier alpha value is -1.99. The highest BCUT2D eigenvalue weighted by molar-refractivity contribution is 7.20. The number of nitrogens with zero attached hydrogens (tertiary/aromatic N) is 1. The number of aromatic nitrogens is 1. The molecule has 7 heteroatoms. The zero-order valence-corrected chi connectivity index (χ0v) is 11.0. The van der Waals surface area contributed by atoms with Crippen LogP contribution < -0.4 is 11.1 Å². The van der Waals surface area contributed by atoms with Gasteiger partial charge in [-0.05, 0) is 24.6 Å². The summed E-state index contributed by atoms with van der Waals surface area (Å²) in [4.78, 5) is 27.1. The SMILES string of the molecule is Cc1ccnc2cc(C(=O)NCC(N)C(=O)O)sc12. The fraction of sp³-hybridized carbons (Fsp3) is 0.250. The molecule has 4 N–H and O–H groups in total. The smallest absolute Gasteiger partial charge is 0.322 e. The summed E-state index contributed by atoms with van der Waals surface area (Å²) >= 11 is 1.33. The molecule has 2 heterocycles. The largest absolute Gasteiger partial charge is 0.480 e. The van der Waals surface area contributed by atoms with Crippen molar-refractivity contribution in [2.45, 2.75) is 13.0 Å². The first-order chi connectivity index (χ1) is 8.99. The average molecular weight is 279 g/mol. The number of hydrogen-bond donors (Lipinski definition) is 3. The van der Waals surface area contributed by atoms with E-state index in [0.29, 0.717) is 4.88 Å². The Kier molecular flexibility index (Phi) is 3.77. The van der Waals surface area contributed by atoms with Crippen LogP contribution in [0.3, 0.4) is 0 Å². The van der Waals surface area contributed by atoms with E-state index in [1.54, 1.807) is 12.3 Å². The first-order valence-electron chi connectivity index (χ1n) is 5.61. The third kappa shape index (κ3) is 2.88. The fourth-order valence-electron chi connectivity index (χ4n) is 1.55. The first kappa shape index (κ1) is 13.4. The number of hydrogen-bond acceptors (Lipinski definition) is 5. The van der Waals surface area contributed by atoms with Gasteiger partial charge in [-0.25, -0.2) is 0 Å². The topological polar surface area (TPSA) is 105 Å². The van der Waals surface area contributed by atoms with Crippen LogP contribution in [-0.4, -0.2) is 34.6 Å². The van der Waals surface area contributed by atoms with E-state index in [1.807, 2.05) is 13.0 Å². The summed E-state index contributed by atoms with van der Waals surface area (Å²) in [6.45, 7) is 1.84. The molecule has 0 saturated heterocycles. The molecular formula is C12H13N3O3S. The summed E-state index contributed by atoms with van der Waals surface area (Å²) in [6.07, 6.45) is 1.69. The standard InChI is InChI=1S/C12H13N3O3S/c1-6-2-3-14-8-4-9(19-10(6)8)11(16)15-5-7(13)12(17)18/h2-4,7H,5,13H2,1H3,(H,15,16)(H,17,18). The van der Waals surface area contributed by atoms with Crippen molar-refractivity contribution in [1.29, 1.82) is 0 Å². The molecule has 2 aromatic rings. The maximum absolute atomic E-state index is 11.9. The number of carbonyl (C=O) groups excluding carboxylic acids is 1. The summed E-state index contributed by atoms with van der Waals surface area (Å²) in [6, 6.07) is 2.47. The number of rotatable bonds is 4. The molecule has 0 spiro atoms. The third-order valence-corrected chi connectivity index (χ3v) is 3.89. The normalized spacial score (nSPS) is 12.3. The van der Waals surface area contributed by atoms with E-state index >= 15 is 0 Å². The monoisotopic (exact) mass is 279 g/mol. The van der Waals surface area contributed by atoms with Crippen LogP contribution in [0.4, 0.5) is 0 Å². The number of carboxylic acids is 1. The first-order valence-corrected chi connectivity index (χ1v) is 6.42. The number of amides is 1. The molecule has 2 aromatic heterocycles. The van der Waals surface area contributed by atoms with Crippen LogP contribution in [0, 0.1) is 6.92 Å². The number of carboxylic acid groups (broad SMARTS) is 1. The maximum atomic E-state index is 11.9. The molecule has 0 aliphatic rings. The van der Waals surface area contributed by atoms with Gasteiger partial charge in [0.05, 0.1) is 15.1 Å². The summed E-state index contributed by atoms with van der Waals surface area (Å²) in [5.41, 5.74) is 7.13. The lowest BCUT2D eigenvalue weighted by Gasteiger charge is -2.06. The summed E-state index contributed by atoms with van der Waals surface area (Å²) < 4.78 is 0.954. The molecule has 0 aliphatic carbocycles. The van der Waals surface area contributed by atoms with Crippen LogP contribution in [0.5, 0.6) is 0 Å². The van der Waals surface area contributed by atoms with Crippen LogP contribution in [0.1, 0.15) is 15.2 Å². The Morgan fingerprint density at radius 1 is 1.58 bits per heavy atom. The van der Waals surface area contributed by atoms with E-state index in [9.17, 15) is 9.59 Å². The van der Waals surface area contributed by atoms with Gasteiger partial charge in [0.2, 0.25) is 0 Å². The molecular weight excluding hydrogens is 266 g/mol. The molecule has 0 aliphatic heterocycles. The highest BCUT2D eigenvalue weighted by Gasteiger charge is 2.15. The third-order valence-electron chi connectivity index (χ3n) is 2.63. The number of nitrogens with two attached hydrogens (primary N) is 1. The number of fused-ring (bicyclic) bond motifs is 1. The Morgan fingerprint density at radius 2 is 2.32 bits per heavy atom. The predicted molar refractivity (Wildman–Crippen MR) is 72.3 cm³/mol. The molecule has 6 nitrogen and oxygen atoms in total. The van der Waals surface area contributed by atoms with E-state index in [2.05, 4.69) is 10.3 Å². The number of pyridine rings is 1. The van der Waals surface area contributed by atoms with Crippen molar-refractivity contribution < 1.29 is 14.7 Å². The van der Waals surface area contributed by atoms with Crippen LogP contribution in [0.15, 0.2) is 18.3 Å². The molecule has 0 radical (unpaired) electrons. The van der Waals surface area contributed by atoms with Gasteiger partial charge in [0, 0.05) is 12.7 Å². The molecule has 1 amide bonds. The quantitative estimate of drug-likeness (QED) is 0.765. The molecule has 0 saturated carbocycles. The van der Waals surface area contributed by atoms with Crippen LogP contribution in [0.25, 0.3) is 10.2 Å². The average Bonchev–Trinajstić information content (AvgIpc) is 2.80. The Balaban J connectivity index is 2.14. The van der Waals surface area contributed by atoms with Crippen LogP contribution in [-0.2, 0) is 4.79 Å². The number of aliphatic carboxylic acids is 1. The number of nitrogens with one attached hydrogen (secondary N) is 1. The van der Waals surface area contributed by atoms with Crippen molar-refractivity contribution in [3.05, 3.63) is 28.8 Å². The minimum Gasteiger partial charge on any atom is -0.480 e. The molecule has 100 valence electrons. The lowest BCUT2D eigenvalue weighted by Crippen LogP contribution is -2.42. The number of thiophene rings is 1. The molecule has 1 atom stereocenters. The molecule has 0 fully saturated rings. The molecule has 1 unspecified atom stereocenters. The fourth-order valence-corrected chi connectivity index (χ4v) is 2.55. The second-order valence-corrected chi connectivity index (χ2v) is 5.16. The van der Waals surface area contributed by atoms with Crippen molar-refractivity contribution in [1.82, 2.24) is 10.3 Å². The zero-order chi connectivity index (χ0) is 14.0. The minimum absolute atomic E-state index is 0.102. The lowest BCUT2D eigenvalue weighted by atomic mass is 10.2. The van der Waals surface area contributed by atoms with E-state index in [-0.39, 0.29) is 12.5 Å². The van der Waals surface area contributed by atoms with Gasteiger partial charge in [0.1, 0.15) is 6.04 Å². The maximum Gasteiger partial charge on any atom is 0.322 e. The Labute approximate surface area is 113 Å². The zero-order valence-electron chi connectivity index (χ0n) is 10.2. The van der Waals surface area contributed by atoms with Gasteiger partial charge in [-0.3, -0.25) is 14.6 Å².